The standard InChI is InChI=1S/C99H57F3N16/c100-99(101,102)75-50-60(58-103)49-73(51-75)76-57-85(117-81-45-41-69(95-109-87(61-25-9-1-10-26-61)105-88(110-95)62-27-11-2-12-28-62)52-77(81)78-53-70(42-46-82(78)117)96-111-89(63-29-13-3-14-30-63)106-90(112-96)64-31-15-4-16-32-64)74(59-104)56-86(76)118-83-47-43-71(97-113-91(65-33-17-5-18-34-65)107-92(114-97)66-35-19-6-20-36-66)54-79(83)80-55-72(44-48-84(80)118)98-115-93(67-37-21-7-22-38-67)108-94(116-98)68-39-23-8-24-40-68/h1-57H. The number of aromatic nitrogens is 14. The van der Waals surface area contributed by atoms with Crippen LogP contribution in [0.4, 0.5) is 13.2 Å². The maximum atomic E-state index is 15.7. The van der Waals surface area contributed by atoms with Gasteiger partial charge in [0.2, 0.25) is 0 Å². The van der Waals surface area contributed by atoms with Crippen LogP contribution in [0.2, 0.25) is 0 Å². The Bertz CT molecular complexity index is 6810. The monoisotopic (exact) mass is 1530 g/mol. The highest BCUT2D eigenvalue weighted by Gasteiger charge is 2.33. The molecule has 0 radical (unpaired) electrons. The first-order chi connectivity index (χ1) is 58.0. The van der Waals surface area contributed by atoms with Crippen molar-refractivity contribution in [2.75, 3.05) is 0 Å². The van der Waals surface area contributed by atoms with Crippen molar-refractivity contribution in [1.29, 1.82) is 10.5 Å². The van der Waals surface area contributed by atoms with E-state index in [2.05, 4.69) is 6.07 Å². The molecule has 0 N–H and O–H groups in total. The van der Waals surface area contributed by atoms with Gasteiger partial charge >= 0.3 is 6.18 Å². The zero-order chi connectivity index (χ0) is 79.4. The number of fused-ring (bicyclic) bond motifs is 6. The average molecular weight is 1530 g/mol. The molecule has 0 saturated carbocycles. The van der Waals surface area contributed by atoms with Crippen molar-refractivity contribution in [2.24, 2.45) is 0 Å². The van der Waals surface area contributed by atoms with Crippen LogP contribution in [0.25, 0.3) is 203 Å². The summed E-state index contributed by atoms with van der Waals surface area (Å²) in [5.41, 5.74) is 10.8. The van der Waals surface area contributed by atoms with Gasteiger partial charge in [-0.05, 0) is 109 Å². The lowest BCUT2D eigenvalue weighted by atomic mass is 9.95. The lowest BCUT2D eigenvalue weighted by Crippen LogP contribution is -2.07. The molecule has 0 amide bonds. The molecule has 6 aromatic heterocycles. The van der Waals surface area contributed by atoms with Crippen LogP contribution < -0.4 is 0 Å². The summed E-state index contributed by atoms with van der Waals surface area (Å²) in [5.74, 6) is 5.06. The van der Waals surface area contributed by atoms with Gasteiger partial charge in [-0.25, -0.2) is 59.8 Å². The molecule has 14 aromatic carbocycles. The number of nitriles is 2. The Morgan fingerprint density at radius 2 is 0.458 bits per heavy atom. The predicted molar refractivity (Wildman–Crippen MR) is 454 cm³/mol. The Balaban J connectivity index is 0.855. The number of benzene rings is 14. The van der Waals surface area contributed by atoms with Crippen molar-refractivity contribution in [3.63, 3.8) is 0 Å². The van der Waals surface area contributed by atoms with E-state index in [0.717, 1.165) is 56.6 Å². The van der Waals surface area contributed by atoms with Crippen LogP contribution in [0.5, 0.6) is 0 Å². The van der Waals surface area contributed by atoms with E-state index < -0.39 is 11.7 Å². The quantitative estimate of drug-likeness (QED) is 0.0934. The molecule has 0 fully saturated rings. The number of alkyl halides is 3. The molecule has 0 aliphatic heterocycles. The van der Waals surface area contributed by atoms with Crippen LogP contribution >= 0.6 is 0 Å². The summed E-state index contributed by atoms with van der Waals surface area (Å²) in [4.78, 5) is 61.3. The maximum absolute atomic E-state index is 15.7. The molecule has 20 aromatic rings. The van der Waals surface area contributed by atoms with Gasteiger partial charge in [0.1, 0.15) is 6.07 Å². The number of halogens is 3. The van der Waals surface area contributed by atoms with Gasteiger partial charge in [-0.15, -0.1) is 0 Å². The summed E-state index contributed by atoms with van der Waals surface area (Å²) < 4.78 is 51.1. The van der Waals surface area contributed by atoms with E-state index in [9.17, 15) is 10.5 Å². The molecule has 0 aliphatic rings. The van der Waals surface area contributed by atoms with E-state index in [-0.39, 0.29) is 22.3 Å². The Morgan fingerprint density at radius 1 is 0.220 bits per heavy atom. The van der Waals surface area contributed by atoms with Crippen molar-refractivity contribution in [3.8, 4) is 171 Å². The third-order valence-corrected chi connectivity index (χ3v) is 20.8. The van der Waals surface area contributed by atoms with E-state index >= 15 is 13.2 Å². The summed E-state index contributed by atoms with van der Waals surface area (Å²) in [5, 5.41) is 25.7. The summed E-state index contributed by atoms with van der Waals surface area (Å²) in [6.45, 7) is 0. The zero-order valence-corrected chi connectivity index (χ0v) is 62.2. The molecule has 0 aliphatic carbocycles. The SMILES string of the molecule is N#Cc1cc(-c2cc(-n3c4ccc(-c5nc(-c6ccccc6)nc(-c6ccccc6)n5)cc4c4cc(-c5nc(-c6ccccc6)nc(-c6ccccc6)n5)ccc43)c(C#N)cc2-n2c3ccc(-c4nc(-c5ccccc5)nc(-c5ccccc5)n4)cc3c3cc(-c4nc(-c5ccccc5)nc(-c5ccccc5)n4)ccc32)cc(C(F)(F)F)c1. The fourth-order valence-electron chi connectivity index (χ4n) is 15.2. The predicted octanol–water partition coefficient (Wildman–Crippen LogP) is 23.1. The second-order valence-corrected chi connectivity index (χ2v) is 28.2. The number of hydrogen-bond donors (Lipinski definition) is 0. The minimum absolute atomic E-state index is 0.0383. The van der Waals surface area contributed by atoms with Gasteiger partial charge in [-0.3, -0.25) is 0 Å². The summed E-state index contributed by atoms with van der Waals surface area (Å²) in [6.07, 6.45) is -4.91. The lowest BCUT2D eigenvalue weighted by molar-refractivity contribution is -0.137. The Labute approximate surface area is 672 Å². The minimum atomic E-state index is -4.91. The zero-order valence-electron chi connectivity index (χ0n) is 62.2. The first-order valence-electron chi connectivity index (χ1n) is 37.8. The molecule has 0 spiro atoms. The molecule has 6 heterocycles. The van der Waals surface area contributed by atoms with E-state index in [1.54, 1.807) is 12.1 Å². The molecule has 118 heavy (non-hydrogen) atoms. The van der Waals surface area contributed by atoms with E-state index in [0.29, 0.717) is 147 Å². The highest BCUT2D eigenvalue weighted by Crippen LogP contribution is 2.46. The average Bonchev–Trinajstić information content (AvgIpc) is 1.54. The fraction of sp³-hybridized carbons (Fsp3) is 0.0101. The molecule has 16 nitrogen and oxygen atoms in total. The van der Waals surface area contributed by atoms with Crippen LogP contribution in [0.1, 0.15) is 16.7 Å². The van der Waals surface area contributed by atoms with Gasteiger partial charge in [0.05, 0.1) is 56.2 Å². The largest absolute Gasteiger partial charge is 0.416 e. The first kappa shape index (κ1) is 70.6. The third-order valence-electron chi connectivity index (χ3n) is 20.8. The first-order valence-corrected chi connectivity index (χ1v) is 37.8. The van der Waals surface area contributed by atoms with Crippen molar-refractivity contribution < 1.29 is 13.2 Å². The van der Waals surface area contributed by atoms with E-state index in [4.69, 9.17) is 59.8 Å². The van der Waals surface area contributed by atoms with Crippen molar-refractivity contribution in [3.05, 3.63) is 362 Å². The highest BCUT2D eigenvalue weighted by atomic mass is 19.4. The molecule has 0 saturated heterocycles. The normalized spacial score (nSPS) is 11.5. The molecule has 19 heteroatoms. The summed E-state index contributed by atoms with van der Waals surface area (Å²) in [7, 11) is 0. The third kappa shape index (κ3) is 13.3. The second-order valence-electron chi connectivity index (χ2n) is 28.2. The van der Waals surface area contributed by atoms with Crippen molar-refractivity contribution in [1.82, 2.24) is 68.9 Å². The van der Waals surface area contributed by atoms with E-state index in [1.807, 2.05) is 331 Å². The van der Waals surface area contributed by atoms with Crippen LogP contribution in [-0.4, -0.2) is 68.9 Å². The maximum Gasteiger partial charge on any atom is 0.416 e. The van der Waals surface area contributed by atoms with Crippen LogP contribution in [-0.2, 0) is 6.18 Å². The van der Waals surface area contributed by atoms with Gasteiger partial charge in [0.25, 0.3) is 0 Å². The van der Waals surface area contributed by atoms with Gasteiger partial charge in [-0.1, -0.05) is 243 Å². The number of hydrogen-bond acceptors (Lipinski definition) is 14. The van der Waals surface area contributed by atoms with Gasteiger partial charge in [-0.2, -0.15) is 23.7 Å². The molecule has 0 atom stereocenters. The van der Waals surface area contributed by atoms with Crippen LogP contribution in [0.15, 0.2) is 346 Å². The van der Waals surface area contributed by atoms with Crippen LogP contribution in [0.3, 0.4) is 0 Å². The Morgan fingerprint density at radius 3 is 0.686 bits per heavy atom. The van der Waals surface area contributed by atoms with Gasteiger partial charge in [0, 0.05) is 93.9 Å². The van der Waals surface area contributed by atoms with Crippen LogP contribution in [0, 0.1) is 22.7 Å². The Hall–Kier alpha value is -16.5. The molecule has 554 valence electrons. The molecular weight excluding hydrogens is 1470 g/mol. The van der Waals surface area contributed by atoms with Crippen molar-refractivity contribution >= 4 is 43.6 Å². The smallest absolute Gasteiger partial charge is 0.309 e. The van der Waals surface area contributed by atoms with Gasteiger partial charge in [0.15, 0.2) is 69.9 Å². The summed E-state index contributed by atoms with van der Waals surface area (Å²) in [6, 6.07) is 112. The molecule has 0 unspecified atom stereocenters. The highest BCUT2D eigenvalue weighted by molar-refractivity contribution is 6.14. The minimum Gasteiger partial charge on any atom is -0.309 e. The lowest BCUT2D eigenvalue weighted by Gasteiger charge is -2.20. The molecular formula is C99H57F3N16. The summed E-state index contributed by atoms with van der Waals surface area (Å²) >= 11 is 0. The number of nitrogens with zero attached hydrogens (tertiary/aromatic N) is 16. The molecule has 0 bridgehead atoms. The van der Waals surface area contributed by atoms with Gasteiger partial charge < -0.3 is 9.13 Å². The fourth-order valence-corrected chi connectivity index (χ4v) is 15.2. The molecule has 20 rings (SSSR count). The van der Waals surface area contributed by atoms with E-state index in [1.165, 1.54) is 6.07 Å². The topological polar surface area (TPSA) is 212 Å². The van der Waals surface area contributed by atoms with Crippen molar-refractivity contribution in [2.45, 2.75) is 6.18 Å². The Kier molecular flexibility index (Phi) is 17.7. The second kappa shape index (κ2) is 29.5. The number of rotatable bonds is 15.